The first-order valence-electron chi connectivity index (χ1n) is 10.3. The van der Waals surface area contributed by atoms with Crippen LogP contribution in [-0.2, 0) is 4.79 Å². The van der Waals surface area contributed by atoms with Gasteiger partial charge in [-0.25, -0.2) is 0 Å². The van der Waals surface area contributed by atoms with Crippen molar-refractivity contribution in [3.05, 3.63) is 48.0 Å². The van der Waals surface area contributed by atoms with E-state index in [-0.39, 0.29) is 5.97 Å². The Balaban J connectivity index is 1.62. The first-order valence-corrected chi connectivity index (χ1v) is 10.3. The van der Waals surface area contributed by atoms with Gasteiger partial charge in [-0.05, 0) is 43.2 Å². The van der Waals surface area contributed by atoms with Gasteiger partial charge in [0.2, 0.25) is 0 Å². The summed E-state index contributed by atoms with van der Waals surface area (Å²) >= 11 is 0. The van der Waals surface area contributed by atoms with Gasteiger partial charge in [0.05, 0.1) is 0 Å². The van der Waals surface area contributed by atoms with Crippen LogP contribution in [0.2, 0.25) is 0 Å². The van der Waals surface area contributed by atoms with Gasteiger partial charge in [-0.15, -0.1) is 15.0 Å². The molecule has 5 heteroatoms. The third-order valence-corrected chi connectivity index (χ3v) is 4.82. The molecule has 0 saturated carbocycles. The highest BCUT2D eigenvalue weighted by atomic mass is 16.5. The Kier molecular flexibility index (Phi) is 7.18. The van der Waals surface area contributed by atoms with Crippen LogP contribution in [0.1, 0.15) is 63.9 Å². The molecule has 1 aromatic heterocycles. The zero-order chi connectivity index (χ0) is 19.8. The molecule has 0 unspecified atom stereocenters. The van der Waals surface area contributed by atoms with Gasteiger partial charge in [0.1, 0.15) is 16.7 Å². The van der Waals surface area contributed by atoms with Crippen LogP contribution in [0.5, 0.6) is 5.75 Å². The van der Waals surface area contributed by atoms with Gasteiger partial charge in [-0.3, -0.25) is 4.79 Å². The summed E-state index contributed by atoms with van der Waals surface area (Å²) in [7, 11) is 0. The number of hydrogen-bond acceptors (Lipinski definition) is 4. The summed E-state index contributed by atoms with van der Waals surface area (Å²) in [4.78, 5) is 13.9. The van der Waals surface area contributed by atoms with Crippen molar-refractivity contribution < 1.29 is 9.53 Å². The zero-order valence-electron chi connectivity index (χ0n) is 16.9. The van der Waals surface area contributed by atoms with Crippen molar-refractivity contribution in [3.63, 3.8) is 0 Å². The lowest BCUT2D eigenvalue weighted by Crippen LogP contribution is -2.11. The van der Waals surface area contributed by atoms with E-state index in [9.17, 15) is 4.79 Å². The number of benzene rings is 2. The van der Waals surface area contributed by atoms with Crippen molar-refractivity contribution >= 4 is 17.0 Å². The molecule has 148 valence electrons. The van der Waals surface area contributed by atoms with Gasteiger partial charge in [-0.2, -0.15) is 0 Å². The molecule has 0 radical (unpaired) electrons. The number of aryl methyl sites for hydroxylation is 1. The van der Waals surface area contributed by atoms with Crippen molar-refractivity contribution in [3.8, 4) is 11.4 Å². The number of hydrogen-bond donors (Lipinski definition) is 0. The second-order valence-electron chi connectivity index (χ2n) is 7.29. The van der Waals surface area contributed by atoms with Gasteiger partial charge in [-0.1, -0.05) is 63.6 Å². The number of carbonyl (C=O) groups is 1. The van der Waals surface area contributed by atoms with Gasteiger partial charge in [0, 0.05) is 6.42 Å². The second-order valence-corrected chi connectivity index (χ2v) is 7.29. The number of carbonyl (C=O) groups excluding carboxylic acids is 1. The molecular weight excluding hydrogens is 350 g/mol. The van der Waals surface area contributed by atoms with Crippen molar-refractivity contribution in [1.29, 1.82) is 0 Å². The highest BCUT2D eigenvalue weighted by Gasteiger charge is 2.14. The Morgan fingerprint density at radius 2 is 1.57 bits per heavy atom. The Bertz CT molecular complexity index is 884. The van der Waals surface area contributed by atoms with Crippen LogP contribution in [0, 0.1) is 6.92 Å². The van der Waals surface area contributed by atoms with Crippen LogP contribution in [0.4, 0.5) is 0 Å². The fourth-order valence-corrected chi connectivity index (χ4v) is 3.24. The van der Waals surface area contributed by atoms with Crippen molar-refractivity contribution in [2.45, 2.75) is 65.2 Å². The maximum absolute atomic E-state index is 12.3. The number of unbranched alkanes of at least 4 members (excludes halogenated alkanes) is 6. The minimum atomic E-state index is -0.199. The van der Waals surface area contributed by atoms with Crippen molar-refractivity contribution in [2.75, 3.05) is 0 Å². The molecule has 0 saturated heterocycles. The van der Waals surface area contributed by atoms with E-state index in [0.717, 1.165) is 29.4 Å². The molecule has 3 rings (SSSR count). The molecule has 0 bridgehead atoms. The number of aromatic nitrogens is 3. The van der Waals surface area contributed by atoms with Crippen LogP contribution >= 0.6 is 0 Å². The summed E-state index contributed by atoms with van der Waals surface area (Å²) in [5, 5.41) is 9.03. The minimum absolute atomic E-state index is 0.199. The monoisotopic (exact) mass is 379 g/mol. The van der Waals surface area contributed by atoms with Crippen LogP contribution in [0.15, 0.2) is 42.5 Å². The topological polar surface area (TPSA) is 57.0 Å². The summed E-state index contributed by atoms with van der Waals surface area (Å²) in [6, 6.07) is 13.4. The van der Waals surface area contributed by atoms with Gasteiger partial charge in [0.15, 0.2) is 5.75 Å². The predicted molar refractivity (Wildman–Crippen MR) is 112 cm³/mol. The maximum atomic E-state index is 12.3. The molecule has 0 amide bonds. The first kappa shape index (κ1) is 20.1. The highest BCUT2D eigenvalue weighted by Crippen LogP contribution is 2.25. The lowest BCUT2D eigenvalue weighted by atomic mass is 10.1. The fraction of sp³-hybridized carbons (Fsp3) is 0.435. The normalized spacial score (nSPS) is 11.1. The third-order valence-electron chi connectivity index (χ3n) is 4.82. The number of nitrogens with zero attached hydrogens (tertiary/aromatic N) is 3. The van der Waals surface area contributed by atoms with Gasteiger partial charge >= 0.3 is 5.97 Å². The molecule has 0 fully saturated rings. The lowest BCUT2D eigenvalue weighted by molar-refractivity contribution is -0.134. The Morgan fingerprint density at radius 3 is 2.25 bits per heavy atom. The average molecular weight is 380 g/mol. The lowest BCUT2D eigenvalue weighted by Gasteiger charge is -2.10. The molecule has 0 aliphatic rings. The van der Waals surface area contributed by atoms with Crippen LogP contribution in [0.3, 0.4) is 0 Å². The Hall–Kier alpha value is -2.69. The standard InChI is InChI=1S/C23H29N3O2/c1-3-4-5-6-7-8-9-14-23(27)28-22-16-15-18(2)17-21(22)26-24-19-12-10-11-13-20(19)25-26/h10-13,15-17H,3-9,14H2,1-2H3. The van der Waals surface area contributed by atoms with E-state index in [1.165, 1.54) is 32.1 Å². The van der Waals surface area contributed by atoms with Crippen LogP contribution in [-0.4, -0.2) is 21.0 Å². The van der Waals surface area contributed by atoms with Crippen molar-refractivity contribution in [1.82, 2.24) is 15.0 Å². The van der Waals surface area contributed by atoms with E-state index >= 15 is 0 Å². The van der Waals surface area contributed by atoms with E-state index in [1.807, 2.05) is 49.4 Å². The summed E-state index contributed by atoms with van der Waals surface area (Å²) in [6.07, 6.45) is 8.67. The molecule has 0 spiro atoms. The third kappa shape index (κ3) is 5.41. The molecule has 5 nitrogen and oxygen atoms in total. The molecule has 0 N–H and O–H groups in total. The number of fused-ring (bicyclic) bond motifs is 1. The van der Waals surface area contributed by atoms with E-state index in [2.05, 4.69) is 17.1 Å². The minimum Gasteiger partial charge on any atom is -0.424 e. The fourth-order valence-electron chi connectivity index (χ4n) is 3.24. The van der Waals surface area contributed by atoms with Crippen LogP contribution < -0.4 is 4.74 Å². The maximum Gasteiger partial charge on any atom is 0.311 e. The Labute approximate surface area is 166 Å². The molecule has 28 heavy (non-hydrogen) atoms. The van der Waals surface area contributed by atoms with Gasteiger partial charge in [0.25, 0.3) is 0 Å². The van der Waals surface area contributed by atoms with Gasteiger partial charge < -0.3 is 4.74 Å². The van der Waals surface area contributed by atoms with E-state index in [4.69, 9.17) is 4.74 Å². The highest BCUT2D eigenvalue weighted by molar-refractivity contribution is 5.75. The Morgan fingerprint density at radius 1 is 0.929 bits per heavy atom. The SMILES string of the molecule is CCCCCCCCCC(=O)Oc1ccc(C)cc1-n1nc2ccccc2n1. The van der Waals surface area contributed by atoms with Crippen LogP contribution in [0.25, 0.3) is 16.7 Å². The van der Waals surface area contributed by atoms with E-state index in [1.54, 1.807) is 4.80 Å². The average Bonchev–Trinajstić information content (AvgIpc) is 3.12. The molecule has 2 aromatic carbocycles. The molecular formula is C23H29N3O2. The molecule has 0 aliphatic carbocycles. The predicted octanol–water partition coefficient (Wildman–Crippen LogP) is 5.78. The number of esters is 1. The summed E-state index contributed by atoms with van der Waals surface area (Å²) < 4.78 is 5.66. The smallest absolute Gasteiger partial charge is 0.311 e. The summed E-state index contributed by atoms with van der Waals surface area (Å²) in [5.41, 5.74) is 3.36. The van der Waals surface area contributed by atoms with E-state index < -0.39 is 0 Å². The molecule has 3 aromatic rings. The second kappa shape index (κ2) is 10.0. The largest absolute Gasteiger partial charge is 0.424 e. The molecule has 0 atom stereocenters. The summed E-state index contributed by atoms with van der Waals surface area (Å²) in [5.74, 6) is 0.300. The zero-order valence-corrected chi connectivity index (χ0v) is 16.9. The summed E-state index contributed by atoms with van der Waals surface area (Å²) in [6.45, 7) is 4.22. The van der Waals surface area contributed by atoms with Crippen molar-refractivity contribution in [2.24, 2.45) is 0 Å². The molecule has 1 heterocycles. The number of ether oxygens (including phenoxy) is 1. The first-order chi connectivity index (χ1) is 13.7. The number of rotatable bonds is 10. The molecule has 0 aliphatic heterocycles. The quantitative estimate of drug-likeness (QED) is 0.255. The van der Waals surface area contributed by atoms with E-state index in [0.29, 0.717) is 17.9 Å².